The van der Waals surface area contributed by atoms with Gasteiger partial charge in [0.2, 0.25) is 0 Å². The highest BCUT2D eigenvalue weighted by Gasteiger charge is 2.17. The molecule has 1 aromatic heterocycles. The van der Waals surface area contributed by atoms with E-state index in [1.807, 2.05) is 6.07 Å². The number of hydrogen-bond donors (Lipinski definition) is 0. The molecule has 18 heavy (non-hydrogen) atoms. The maximum absolute atomic E-state index is 4.81. The van der Waals surface area contributed by atoms with Gasteiger partial charge in [-0.05, 0) is 25.0 Å². The van der Waals surface area contributed by atoms with Crippen LogP contribution in [0.25, 0.3) is 11.0 Å². The lowest BCUT2D eigenvalue weighted by atomic mass is 10.0. The predicted octanol–water partition coefficient (Wildman–Crippen LogP) is 4.85. The number of para-hydroxylation sites is 2. The minimum atomic E-state index is 0.518. The third kappa shape index (κ3) is 2.51. The van der Waals surface area contributed by atoms with Gasteiger partial charge < -0.3 is 4.57 Å². The van der Waals surface area contributed by atoms with Crippen molar-refractivity contribution in [3.8, 4) is 0 Å². The predicted molar refractivity (Wildman–Crippen MR) is 81.1 cm³/mol. The molecule has 96 valence electrons. The number of benzene rings is 1. The van der Waals surface area contributed by atoms with Crippen LogP contribution in [0.5, 0.6) is 0 Å². The second-order valence-corrected chi connectivity index (χ2v) is 5.70. The molecule has 0 fully saturated rings. The summed E-state index contributed by atoms with van der Waals surface area (Å²) in [6, 6.07) is 8.31. The molecule has 0 N–H and O–H groups in total. The zero-order valence-electron chi connectivity index (χ0n) is 11.0. The Kier molecular flexibility index (Phi) is 4.23. The van der Waals surface area contributed by atoms with Crippen LogP contribution in [-0.2, 0) is 6.54 Å². The van der Waals surface area contributed by atoms with Crippen LogP contribution in [0.3, 0.4) is 0 Å². The average Bonchev–Trinajstić information content (AvgIpc) is 2.70. The molecule has 0 bridgehead atoms. The molecule has 1 aromatic carbocycles. The van der Waals surface area contributed by atoms with E-state index in [-0.39, 0.29) is 0 Å². The van der Waals surface area contributed by atoms with E-state index in [1.165, 1.54) is 11.3 Å². The lowest BCUT2D eigenvalue weighted by molar-refractivity contribution is 0.572. The standard InChI is InChI=1S/C15H19BrN2/c1-4-12(5-2)15-17-13-8-6-7-9-14(13)18(15)10-11(3)16/h6-9,12H,3-5,10H2,1-2H3. The van der Waals surface area contributed by atoms with Gasteiger partial charge in [-0.3, -0.25) is 0 Å². The summed E-state index contributed by atoms with van der Waals surface area (Å²) < 4.78 is 3.27. The maximum Gasteiger partial charge on any atom is 0.113 e. The van der Waals surface area contributed by atoms with E-state index in [9.17, 15) is 0 Å². The van der Waals surface area contributed by atoms with Gasteiger partial charge in [-0.25, -0.2) is 4.98 Å². The average molecular weight is 307 g/mol. The van der Waals surface area contributed by atoms with Gasteiger partial charge in [-0.2, -0.15) is 0 Å². The summed E-state index contributed by atoms with van der Waals surface area (Å²) in [5, 5.41) is 0. The number of aromatic nitrogens is 2. The number of fused-ring (bicyclic) bond motifs is 1. The third-order valence-corrected chi connectivity index (χ3v) is 3.62. The van der Waals surface area contributed by atoms with Crippen molar-refractivity contribution in [2.45, 2.75) is 39.2 Å². The smallest absolute Gasteiger partial charge is 0.113 e. The quantitative estimate of drug-likeness (QED) is 0.772. The van der Waals surface area contributed by atoms with Crippen molar-refractivity contribution in [3.63, 3.8) is 0 Å². The molecule has 0 unspecified atom stereocenters. The largest absolute Gasteiger partial charge is 0.323 e. The molecule has 0 spiro atoms. The van der Waals surface area contributed by atoms with E-state index in [0.717, 1.165) is 29.4 Å². The van der Waals surface area contributed by atoms with Gasteiger partial charge in [0.1, 0.15) is 5.82 Å². The molecular weight excluding hydrogens is 288 g/mol. The Morgan fingerprint density at radius 3 is 2.61 bits per heavy atom. The highest BCUT2D eigenvalue weighted by molar-refractivity contribution is 9.11. The monoisotopic (exact) mass is 306 g/mol. The number of nitrogens with zero attached hydrogens (tertiary/aromatic N) is 2. The van der Waals surface area contributed by atoms with Crippen molar-refractivity contribution in [2.75, 3.05) is 0 Å². The van der Waals surface area contributed by atoms with E-state index < -0.39 is 0 Å². The molecule has 0 radical (unpaired) electrons. The summed E-state index contributed by atoms with van der Waals surface area (Å²) in [7, 11) is 0. The van der Waals surface area contributed by atoms with E-state index in [0.29, 0.717) is 5.92 Å². The van der Waals surface area contributed by atoms with Crippen LogP contribution < -0.4 is 0 Å². The second kappa shape index (κ2) is 5.70. The minimum Gasteiger partial charge on any atom is -0.323 e. The van der Waals surface area contributed by atoms with Gasteiger partial charge >= 0.3 is 0 Å². The molecule has 0 saturated heterocycles. The highest BCUT2D eigenvalue weighted by Crippen LogP contribution is 2.27. The number of imidazole rings is 1. The minimum absolute atomic E-state index is 0.518. The summed E-state index contributed by atoms with van der Waals surface area (Å²) in [4.78, 5) is 4.81. The number of rotatable bonds is 5. The van der Waals surface area contributed by atoms with Gasteiger partial charge in [0.25, 0.3) is 0 Å². The van der Waals surface area contributed by atoms with Crippen molar-refractivity contribution in [1.82, 2.24) is 9.55 Å². The molecule has 2 aromatic rings. The van der Waals surface area contributed by atoms with Crippen molar-refractivity contribution in [3.05, 3.63) is 41.2 Å². The van der Waals surface area contributed by atoms with Crippen LogP contribution in [0, 0.1) is 0 Å². The van der Waals surface area contributed by atoms with Crippen molar-refractivity contribution >= 4 is 27.0 Å². The van der Waals surface area contributed by atoms with Crippen LogP contribution in [0.4, 0.5) is 0 Å². The van der Waals surface area contributed by atoms with E-state index in [4.69, 9.17) is 4.98 Å². The zero-order chi connectivity index (χ0) is 13.1. The Morgan fingerprint density at radius 1 is 1.33 bits per heavy atom. The van der Waals surface area contributed by atoms with Crippen LogP contribution in [0.1, 0.15) is 38.4 Å². The van der Waals surface area contributed by atoms with Gasteiger partial charge in [-0.1, -0.05) is 48.5 Å². The third-order valence-electron chi connectivity index (χ3n) is 3.36. The molecule has 0 atom stereocenters. The Hall–Kier alpha value is -1.09. The topological polar surface area (TPSA) is 17.8 Å². The van der Waals surface area contributed by atoms with Gasteiger partial charge in [0.15, 0.2) is 0 Å². The molecule has 0 amide bonds. The first-order valence-electron chi connectivity index (χ1n) is 6.45. The van der Waals surface area contributed by atoms with Crippen molar-refractivity contribution in [2.24, 2.45) is 0 Å². The summed E-state index contributed by atoms with van der Waals surface area (Å²) in [5.74, 6) is 1.70. The summed E-state index contributed by atoms with van der Waals surface area (Å²) in [5.41, 5.74) is 2.27. The lowest BCUT2D eigenvalue weighted by Gasteiger charge is -2.15. The van der Waals surface area contributed by atoms with Gasteiger partial charge in [-0.15, -0.1) is 0 Å². The van der Waals surface area contributed by atoms with Crippen LogP contribution >= 0.6 is 15.9 Å². The Morgan fingerprint density at radius 2 is 2.00 bits per heavy atom. The SMILES string of the molecule is C=C(Br)Cn1c(C(CC)CC)nc2ccccc21. The second-order valence-electron chi connectivity index (χ2n) is 4.58. The van der Waals surface area contributed by atoms with Crippen molar-refractivity contribution < 1.29 is 0 Å². The highest BCUT2D eigenvalue weighted by atomic mass is 79.9. The first-order chi connectivity index (χ1) is 8.67. The Balaban J connectivity index is 2.59. The molecule has 1 heterocycles. The summed E-state index contributed by atoms with van der Waals surface area (Å²) in [6.07, 6.45) is 2.24. The molecule has 2 rings (SSSR count). The van der Waals surface area contributed by atoms with Gasteiger partial charge in [0.05, 0.1) is 17.6 Å². The van der Waals surface area contributed by atoms with Crippen LogP contribution in [0.2, 0.25) is 0 Å². The number of allylic oxidation sites excluding steroid dienone is 1. The number of halogens is 1. The van der Waals surface area contributed by atoms with Crippen LogP contribution in [0.15, 0.2) is 35.3 Å². The van der Waals surface area contributed by atoms with E-state index >= 15 is 0 Å². The Labute approximate surface area is 117 Å². The van der Waals surface area contributed by atoms with Gasteiger partial charge in [0, 0.05) is 10.4 Å². The molecule has 2 nitrogen and oxygen atoms in total. The zero-order valence-corrected chi connectivity index (χ0v) is 12.6. The first-order valence-corrected chi connectivity index (χ1v) is 7.25. The fourth-order valence-corrected chi connectivity index (χ4v) is 2.65. The molecular formula is C15H19BrN2. The van der Waals surface area contributed by atoms with Crippen LogP contribution in [-0.4, -0.2) is 9.55 Å². The first kappa shape index (κ1) is 13.3. The van der Waals surface area contributed by atoms with Crippen molar-refractivity contribution in [1.29, 1.82) is 0 Å². The maximum atomic E-state index is 4.81. The van der Waals surface area contributed by atoms with E-state index in [1.54, 1.807) is 0 Å². The number of hydrogen-bond acceptors (Lipinski definition) is 1. The fraction of sp³-hybridized carbons (Fsp3) is 0.400. The van der Waals surface area contributed by atoms with E-state index in [2.05, 4.69) is 59.1 Å². The molecule has 0 aliphatic heterocycles. The summed E-state index contributed by atoms with van der Waals surface area (Å²) >= 11 is 3.47. The molecule has 3 heteroatoms. The summed E-state index contributed by atoms with van der Waals surface area (Å²) in [6.45, 7) is 9.19. The normalized spacial score (nSPS) is 11.3. The lowest BCUT2D eigenvalue weighted by Crippen LogP contribution is -2.08. The fourth-order valence-electron chi connectivity index (χ4n) is 2.40. The Bertz CT molecular complexity index is 553. The molecule has 0 saturated carbocycles. The molecule has 0 aliphatic rings. The molecule has 0 aliphatic carbocycles.